The Bertz CT molecular complexity index is 348. The fourth-order valence-electron chi connectivity index (χ4n) is 2.40. The number of nitrogens with one attached hydrogen (secondary N) is 1. The molecule has 1 unspecified atom stereocenters. The van der Waals surface area contributed by atoms with Gasteiger partial charge in [0.15, 0.2) is 0 Å². The molecule has 1 saturated heterocycles. The maximum atomic E-state index is 4.22. The summed E-state index contributed by atoms with van der Waals surface area (Å²) in [6.07, 6.45) is 7.61. The van der Waals surface area contributed by atoms with Crippen LogP contribution in [-0.4, -0.2) is 36.1 Å². The first-order valence-corrected chi connectivity index (χ1v) is 7.05. The average Bonchev–Trinajstić information content (AvgIpc) is 2.57. The largest absolute Gasteiger partial charge is 0.317 e. The van der Waals surface area contributed by atoms with Crippen molar-refractivity contribution in [1.82, 2.24) is 15.2 Å². The van der Waals surface area contributed by atoms with Gasteiger partial charge in [-0.05, 0) is 67.0 Å². The van der Waals surface area contributed by atoms with E-state index in [0.717, 1.165) is 17.6 Å². The van der Waals surface area contributed by atoms with Gasteiger partial charge in [0.05, 0.1) is 0 Å². The third-order valence-corrected chi connectivity index (χ3v) is 3.80. The van der Waals surface area contributed by atoms with Gasteiger partial charge < -0.3 is 5.32 Å². The molecule has 0 aliphatic carbocycles. The van der Waals surface area contributed by atoms with Gasteiger partial charge in [0, 0.05) is 29.5 Å². The monoisotopic (exact) mass is 297 g/mol. The van der Waals surface area contributed by atoms with Gasteiger partial charge in [-0.3, -0.25) is 9.88 Å². The Labute approximate surface area is 112 Å². The van der Waals surface area contributed by atoms with Crippen LogP contribution in [0.1, 0.15) is 24.8 Å². The second-order valence-electron chi connectivity index (χ2n) is 4.76. The van der Waals surface area contributed by atoms with Gasteiger partial charge in [0.25, 0.3) is 0 Å². The molecular weight excluding hydrogens is 278 g/mol. The summed E-state index contributed by atoms with van der Waals surface area (Å²) in [5.41, 5.74) is 1.28. The Morgan fingerprint density at radius 3 is 3.12 bits per heavy atom. The van der Waals surface area contributed by atoms with Gasteiger partial charge in [-0.2, -0.15) is 0 Å². The molecule has 3 nitrogen and oxygen atoms in total. The van der Waals surface area contributed by atoms with Gasteiger partial charge in [-0.25, -0.2) is 0 Å². The third-order valence-electron chi connectivity index (χ3n) is 3.36. The Hall–Kier alpha value is -0.450. The van der Waals surface area contributed by atoms with Crippen molar-refractivity contribution in [3.63, 3.8) is 0 Å². The molecule has 0 saturated carbocycles. The summed E-state index contributed by atoms with van der Waals surface area (Å²) >= 11 is 3.47. The first-order chi connectivity index (χ1) is 8.25. The maximum Gasteiger partial charge on any atom is 0.0410 e. The third kappa shape index (κ3) is 4.05. The quantitative estimate of drug-likeness (QED) is 0.929. The molecule has 17 heavy (non-hydrogen) atoms. The highest BCUT2D eigenvalue weighted by Gasteiger charge is 2.16. The van der Waals surface area contributed by atoms with Crippen molar-refractivity contribution in [1.29, 1.82) is 0 Å². The lowest BCUT2D eigenvalue weighted by molar-refractivity contribution is 0.216. The number of aromatic nitrogens is 1. The van der Waals surface area contributed by atoms with Gasteiger partial charge in [0.1, 0.15) is 0 Å². The van der Waals surface area contributed by atoms with Crippen molar-refractivity contribution in [3.05, 3.63) is 28.5 Å². The average molecular weight is 298 g/mol. The van der Waals surface area contributed by atoms with Gasteiger partial charge in [-0.1, -0.05) is 0 Å². The normalized spacial score (nSPS) is 21.5. The molecule has 0 aromatic carbocycles. The highest BCUT2D eigenvalue weighted by Crippen LogP contribution is 2.16. The number of hydrogen-bond acceptors (Lipinski definition) is 3. The SMILES string of the molecule is CN(Cc1cncc(Br)c1)C1CCCNCC1. The second-order valence-corrected chi connectivity index (χ2v) is 5.68. The van der Waals surface area contributed by atoms with Crippen LogP contribution in [0.25, 0.3) is 0 Å². The molecule has 1 fully saturated rings. The van der Waals surface area contributed by atoms with E-state index in [0.29, 0.717) is 6.04 Å². The summed E-state index contributed by atoms with van der Waals surface area (Å²) in [5.74, 6) is 0. The minimum absolute atomic E-state index is 0.698. The number of pyridine rings is 1. The lowest BCUT2D eigenvalue weighted by Gasteiger charge is -2.26. The van der Waals surface area contributed by atoms with E-state index >= 15 is 0 Å². The van der Waals surface area contributed by atoms with Crippen LogP contribution >= 0.6 is 15.9 Å². The summed E-state index contributed by atoms with van der Waals surface area (Å²) in [6, 6.07) is 2.85. The van der Waals surface area contributed by atoms with E-state index < -0.39 is 0 Å². The zero-order chi connectivity index (χ0) is 12.1. The van der Waals surface area contributed by atoms with Crippen LogP contribution in [0.15, 0.2) is 22.9 Å². The summed E-state index contributed by atoms with van der Waals surface area (Å²) in [4.78, 5) is 6.67. The minimum atomic E-state index is 0.698. The smallest absolute Gasteiger partial charge is 0.0410 e. The topological polar surface area (TPSA) is 28.2 Å². The zero-order valence-electron chi connectivity index (χ0n) is 10.3. The lowest BCUT2D eigenvalue weighted by Crippen LogP contribution is -2.32. The van der Waals surface area contributed by atoms with Crippen LogP contribution in [0.4, 0.5) is 0 Å². The van der Waals surface area contributed by atoms with Crippen LogP contribution in [0, 0.1) is 0 Å². The van der Waals surface area contributed by atoms with Gasteiger partial charge >= 0.3 is 0 Å². The van der Waals surface area contributed by atoms with Crippen LogP contribution in [0.3, 0.4) is 0 Å². The zero-order valence-corrected chi connectivity index (χ0v) is 11.9. The van der Waals surface area contributed by atoms with Gasteiger partial charge in [0.2, 0.25) is 0 Å². The van der Waals surface area contributed by atoms with E-state index in [-0.39, 0.29) is 0 Å². The molecule has 4 heteroatoms. The molecule has 1 atom stereocenters. The van der Waals surface area contributed by atoms with Crippen molar-refractivity contribution in [2.75, 3.05) is 20.1 Å². The Morgan fingerprint density at radius 2 is 2.29 bits per heavy atom. The van der Waals surface area contributed by atoms with E-state index in [2.05, 4.69) is 44.2 Å². The summed E-state index contributed by atoms with van der Waals surface area (Å²) in [5, 5.41) is 3.46. The van der Waals surface area contributed by atoms with Crippen LogP contribution < -0.4 is 5.32 Å². The number of nitrogens with zero attached hydrogens (tertiary/aromatic N) is 2. The van der Waals surface area contributed by atoms with Crippen LogP contribution in [0.2, 0.25) is 0 Å². The summed E-state index contributed by atoms with van der Waals surface area (Å²) in [7, 11) is 2.22. The number of hydrogen-bond donors (Lipinski definition) is 1. The first kappa shape index (κ1) is 13.0. The summed E-state index contributed by atoms with van der Waals surface area (Å²) in [6.45, 7) is 3.30. The Balaban J connectivity index is 1.93. The molecule has 0 bridgehead atoms. The fourth-order valence-corrected chi connectivity index (χ4v) is 2.81. The van der Waals surface area contributed by atoms with E-state index in [1.165, 1.54) is 31.4 Å². The van der Waals surface area contributed by atoms with E-state index in [9.17, 15) is 0 Å². The highest BCUT2D eigenvalue weighted by atomic mass is 79.9. The first-order valence-electron chi connectivity index (χ1n) is 6.26. The predicted molar refractivity (Wildman–Crippen MR) is 73.9 cm³/mol. The van der Waals surface area contributed by atoms with Gasteiger partial charge in [-0.15, -0.1) is 0 Å². The molecule has 1 aliphatic heterocycles. The van der Waals surface area contributed by atoms with Crippen molar-refractivity contribution in [2.45, 2.75) is 31.8 Å². The molecule has 2 rings (SSSR count). The molecule has 1 aromatic heterocycles. The molecular formula is C13H20BrN3. The second kappa shape index (κ2) is 6.47. The summed E-state index contributed by atoms with van der Waals surface area (Å²) < 4.78 is 1.06. The molecule has 2 heterocycles. The lowest BCUT2D eigenvalue weighted by atomic mass is 10.1. The van der Waals surface area contributed by atoms with E-state index in [1.807, 2.05) is 12.4 Å². The molecule has 94 valence electrons. The number of rotatable bonds is 3. The maximum absolute atomic E-state index is 4.22. The predicted octanol–water partition coefficient (Wildman–Crippen LogP) is 2.42. The van der Waals surface area contributed by atoms with E-state index in [1.54, 1.807) is 0 Å². The minimum Gasteiger partial charge on any atom is -0.317 e. The van der Waals surface area contributed by atoms with Crippen LogP contribution in [0.5, 0.6) is 0 Å². The standard InChI is InChI=1S/C13H20BrN3/c1-17(13-3-2-5-15-6-4-13)10-11-7-12(14)9-16-8-11/h7-9,13,15H,2-6,10H2,1H3. The molecule has 0 spiro atoms. The van der Waals surface area contributed by atoms with Crippen molar-refractivity contribution in [3.8, 4) is 0 Å². The van der Waals surface area contributed by atoms with E-state index in [4.69, 9.17) is 0 Å². The molecule has 1 aliphatic rings. The van der Waals surface area contributed by atoms with Crippen molar-refractivity contribution in [2.24, 2.45) is 0 Å². The fraction of sp³-hybridized carbons (Fsp3) is 0.615. The van der Waals surface area contributed by atoms with Crippen LogP contribution in [-0.2, 0) is 6.54 Å². The molecule has 0 radical (unpaired) electrons. The molecule has 0 amide bonds. The van der Waals surface area contributed by atoms with Crippen molar-refractivity contribution >= 4 is 15.9 Å². The Morgan fingerprint density at radius 1 is 1.41 bits per heavy atom. The molecule has 1 N–H and O–H groups in total. The Kier molecular flexibility index (Phi) is 4.95. The molecule has 1 aromatic rings. The highest BCUT2D eigenvalue weighted by molar-refractivity contribution is 9.10. The number of halogens is 1. The van der Waals surface area contributed by atoms with Crippen molar-refractivity contribution < 1.29 is 0 Å².